The quantitative estimate of drug-likeness (QED) is 0.429. The van der Waals surface area contributed by atoms with Gasteiger partial charge in [-0.1, -0.05) is 36.8 Å². The molecule has 0 aromatic heterocycles. The zero-order chi connectivity index (χ0) is 15.4. The van der Waals surface area contributed by atoms with Crippen molar-refractivity contribution in [2.45, 2.75) is 51.3 Å². The number of rotatable bonds is 5. The third-order valence-corrected chi connectivity index (χ3v) is 5.27. The first kappa shape index (κ1) is 18.5. The molecule has 0 aliphatic heterocycles. The molecule has 0 bridgehead atoms. The van der Waals surface area contributed by atoms with E-state index in [1.165, 1.54) is 24.8 Å². The van der Waals surface area contributed by atoms with Crippen LogP contribution < -0.4 is 10.6 Å². The Bertz CT molecular complexity index is 516. The summed E-state index contributed by atoms with van der Waals surface area (Å²) in [6.45, 7) is 3.71. The Morgan fingerprint density at radius 3 is 2.61 bits per heavy atom. The van der Waals surface area contributed by atoms with Crippen molar-refractivity contribution in [3.8, 4) is 0 Å². The monoisotopic (exact) mass is 429 g/mol. The van der Waals surface area contributed by atoms with Crippen LogP contribution >= 0.6 is 24.0 Å². The molecule has 23 heavy (non-hydrogen) atoms. The first-order valence-corrected chi connectivity index (χ1v) is 8.41. The van der Waals surface area contributed by atoms with Crippen LogP contribution in [0, 0.1) is 5.41 Å². The Balaban J connectivity index is 0.00000192. The smallest absolute Gasteiger partial charge is 0.191 e. The predicted molar refractivity (Wildman–Crippen MR) is 105 cm³/mol. The fourth-order valence-electron chi connectivity index (χ4n) is 3.78. The van der Waals surface area contributed by atoms with Crippen LogP contribution in [0.4, 0.5) is 0 Å². The summed E-state index contributed by atoms with van der Waals surface area (Å²) in [7, 11) is 1.84. The number of aliphatic imine (C=N–C) groups is 1. The Labute approximate surface area is 156 Å². The lowest BCUT2D eigenvalue weighted by molar-refractivity contribution is -0.168. The third-order valence-electron chi connectivity index (χ3n) is 5.27. The molecule has 4 nitrogen and oxygen atoms in total. The molecule has 1 aromatic carbocycles. The molecular formula is C18H28IN3O. The molecule has 2 aliphatic rings. The van der Waals surface area contributed by atoms with Crippen molar-refractivity contribution in [1.82, 2.24) is 10.6 Å². The number of ether oxygens (including phenoxy) is 1. The van der Waals surface area contributed by atoms with Gasteiger partial charge in [-0.3, -0.25) is 4.99 Å². The Hall–Kier alpha value is -0.820. The molecule has 2 aliphatic carbocycles. The number of hydrogen-bond donors (Lipinski definition) is 2. The standard InChI is InChI=1S/C18H27N3O.HI/c1-3-22-16-12-15(18(16)10-7-11-18)21-17(19-2)20-13-14-8-5-4-6-9-14;/h4-6,8-9,15-16H,3,7,10-13H2,1-2H3,(H2,19,20,21);1H. The van der Waals surface area contributed by atoms with Gasteiger partial charge in [-0.05, 0) is 31.7 Å². The van der Waals surface area contributed by atoms with Crippen molar-refractivity contribution in [2.75, 3.05) is 13.7 Å². The fourth-order valence-corrected chi connectivity index (χ4v) is 3.78. The fraction of sp³-hybridized carbons (Fsp3) is 0.611. The lowest BCUT2D eigenvalue weighted by Crippen LogP contribution is -2.68. The zero-order valence-corrected chi connectivity index (χ0v) is 16.4. The average Bonchev–Trinajstić information content (AvgIpc) is 2.48. The molecule has 5 heteroatoms. The molecule has 2 atom stereocenters. The molecule has 0 heterocycles. The van der Waals surface area contributed by atoms with Gasteiger partial charge in [0.2, 0.25) is 0 Å². The van der Waals surface area contributed by atoms with E-state index in [9.17, 15) is 0 Å². The molecule has 2 N–H and O–H groups in total. The summed E-state index contributed by atoms with van der Waals surface area (Å²) < 4.78 is 5.91. The van der Waals surface area contributed by atoms with Gasteiger partial charge in [0.05, 0.1) is 6.10 Å². The van der Waals surface area contributed by atoms with Crippen molar-refractivity contribution in [3.63, 3.8) is 0 Å². The van der Waals surface area contributed by atoms with E-state index in [0.717, 1.165) is 25.5 Å². The second-order valence-corrected chi connectivity index (χ2v) is 6.37. The molecule has 3 rings (SSSR count). The van der Waals surface area contributed by atoms with Crippen LogP contribution in [0.5, 0.6) is 0 Å². The van der Waals surface area contributed by atoms with Crippen molar-refractivity contribution < 1.29 is 4.74 Å². The second kappa shape index (κ2) is 8.33. The second-order valence-electron chi connectivity index (χ2n) is 6.37. The first-order chi connectivity index (χ1) is 10.8. The molecule has 128 valence electrons. The van der Waals surface area contributed by atoms with E-state index in [2.05, 4.69) is 46.8 Å². The van der Waals surface area contributed by atoms with Gasteiger partial charge < -0.3 is 15.4 Å². The maximum absolute atomic E-state index is 5.91. The van der Waals surface area contributed by atoms with E-state index >= 15 is 0 Å². The van der Waals surface area contributed by atoms with Gasteiger partial charge in [0, 0.05) is 31.7 Å². The van der Waals surface area contributed by atoms with Gasteiger partial charge in [-0.25, -0.2) is 0 Å². The topological polar surface area (TPSA) is 45.6 Å². The average molecular weight is 429 g/mol. The van der Waals surface area contributed by atoms with Crippen LogP contribution in [-0.2, 0) is 11.3 Å². The third kappa shape index (κ3) is 3.82. The van der Waals surface area contributed by atoms with E-state index in [4.69, 9.17) is 4.74 Å². The highest BCUT2D eigenvalue weighted by molar-refractivity contribution is 14.0. The highest BCUT2D eigenvalue weighted by atomic mass is 127. The van der Waals surface area contributed by atoms with Crippen LogP contribution in [0.1, 0.15) is 38.2 Å². The minimum Gasteiger partial charge on any atom is -0.378 e. The summed E-state index contributed by atoms with van der Waals surface area (Å²) in [5.41, 5.74) is 1.63. The summed E-state index contributed by atoms with van der Waals surface area (Å²) in [4.78, 5) is 4.37. The van der Waals surface area contributed by atoms with Crippen molar-refractivity contribution in [2.24, 2.45) is 10.4 Å². The van der Waals surface area contributed by atoms with Gasteiger partial charge in [-0.2, -0.15) is 0 Å². The van der Waals surface area contributed by atoms with Gasteiger partial charge in [0.25, 0.3) is 0 Å². The summed E-state index contributed by atoms with van der Waals surface area (Å²) in [6.07, 6.45) is 5.43. The lowest BCUT2D eigenvalue weighted by atomic mass is 9.51. The summed E-state index contributed by atoms with van der Waals surface area (Å²) in [5, 5.41) is 7.03. The number of nitrogens with zero attached hydrogens (tertiary/aromatic N) is 1. The van der Waals surface area contributed by atoms with E-state index in [-0.39, 0.29) is 24.0 Å². The molecule has 2 fully saturated rings. The minimum atomic E-state index is 0. The molecule has 1 aromatic rings. The maximum Gasteiger partial charge on any atom is 0.191 e. The van der Waals surface area contributed by atoms with Crippen LogP contribution in [-0.4, -0.2) is 31.8 Å². The van der Waals surface area contributed by atoms with E-state index < -0.39 is 0 Å². The van der Waals surface area contributed by atoms with Crippen molar-refractivity contribution in [1.29, 1.82) is 0 Å². The van der Waals surface area contributed by atoms with E-state index in [1.807, 2.05) is 13.1 Å². The minimum absolute atomic E-state index is 0. The van der Waals surface area contributed by atoms with Crippen LogP contribution in [0.3, 0.4) is 0 Å². The predicted octanol–water partition coefficient (Wildman–Crippen LogP) is 3.32. The van der Waals surface area contributed by atoms with Crippen LogP contribution in [0.2, 0.25) is 0 Å². The first-order valence-electron chi connectivity index (χ1n) is 8.41. The number of hydrogen-bond acceptors (Lipinski definition) is 2. The zero-order valence-electron chi connectivity index (χ0n) is 14.0. The largest absolute Gasteiger partial charge is 0.378 e. The Morgan fingerprint density at radius 1 is 1.30 bits per heavy atom. The lowest BCUT2D eigenvalue weighted by Gasteiger charge is -2.61. The molecule has 0 amide bonds. The van der Waals surface area contributed by atoms with Crippen molar-refractivity contribution in [3.05, 3.63) is 35.9 Å². The van der Waals surface area contributed by atoms with Crippen LogP contribution in [0.25, 0.3) is 0 Å². The Kier molecular flexibility index (Phi) is 6.71. The van der Waals surface area contributed by atoms with E-state index in [1.54, 1.807) is 0 Å². The van der Waals surface area contributed by atoms with Gasteiger partial charge in [0.15, 0.2) is 5.96 Å². The van der Waals surface area contributed by atoms with Gasteiger partial charge >= 0.3 is 0 Å². The normalized spacial score (nSPS) is 25.0. The molecular weight excluding hydrogens is 401 g/mol. The number of guanidine groups is 1. The molecule has 2 saturated carbocycles. The SMILES string of the molecule is CCOC1CC(NC(=NC)NCc2ccccc2)C12CCC2.I. The van der Waals surface area contributed by atoms with Crippen LogP contribution in [0.15, 0.2) is 35.3 Å². The maximum atomic E-state index is 5.91. The number of halogens is 1. The highest BCUT2D eigenvalue weighted by Gasteiger charge is 2.59. The van der Waals surface area contributed by atoms with Gasteiger partial charge in [-0.15, -0.1) is 24.0 Å². The molecule has 1 spiro atoms. The van der Waals surface area contributed by atoms with E-state index in [0.29, 0.717) is 17.6 Å². The number of benzene rings is 1. The molecule has 2 unspecified atom stereocenters. The van der Waals surface area contributed by atoms with Crippen molar-refractivity contribution >= 4 is 29.9 Å². The number of nitrogens with one attached hydrogen (secondary N) is 2. The molecule has 0 saturated heterocycles. The molecule has 0 radical (unpaired) electrons. The highest BCUT2D eigenvalue weighted by Crippen LogP contribution is 2.57. The summed E-state index contributed by atoms with van der Waals surface area (Å²) >= 11 is 0. The summed E-state index contributed by atoms with van der Waals surface area (Å²) in [6, 6.07) is 10.9. The summed E-state index contributed by atoms with van der Waals surface area (Å²) in [5.74, 6) is 0.898. The Morgan fingerprint density at radius 2 is 2.04 bits per heavy atom. The van der Waals surface area contributed by atoms with Gasteiger partial charge in [0.1, 0.15) is 0 Å².